The average molecular weight is 401 g/mol. The molecule has 0 saturated heterocycles. The van der Waals surface area contributed by atoms with Crippen LogP contribution in [0.15, 0.2) is 78.2 Å². The minimum Gasteiger partial charge on any atom is -0.457 e. The Morgan fingerprint density at radius 3 is 2.31 bits per heavy atom. The molecule has 3 aromatic carbocycles. The number of ether oxygens (including phenoxy) is 1. The maximum Gasteiger partial charge on any atom is 0.232 e. The molecule has 1 amide bonds. The van der Waals surface area contributed by atoms with Gasteiger partial charge < -0.3 is 15.2 Å². The van der Waals surface area contributed by atoms with E-state index in [2.05, 4.69) is 5.32 Å². The van der Waals surface area contributed by atoms with Gasteiger partial charge in [-0.2, -0.15) is 0 Å². The van der Waals surface area contributed by atoms with Crippen LogP contribution >= 0.6 is 11.3 Å². The van der Waals surface area contributed by atoms with Crippen LogP contribution in [0, 0.1) is 0 Å². The number of aliphatic hydroxyl groups is 1. The molecule has 5 rings (SSSR count). The first kappa shape index (κ1) is 17.9. The molecule has 4 aromatic rings. The molecule has 1 aromatic heterocycles. The standard InChI is InChI=1S/C24H19NO3S/c26-19(18-14-29-22-12-6-3-7-15(18)22)13-25-24(27)23-16-8-1-4-10-20(16)28-21-11-5-2-9-17(21)23/h1-12,14,19,23,26H,13H2,(H,25,27)/t19-/m0/s1. The average Bonchev–Trinajstić information content (AvgIpc) is 3.20. The Kier molecular flexibility index (Phi) is 4.54. The Bertz CT molecular complexity index is 1150. The van der Waals surface area contributed by atoms with Gasteiger partial charge in [0, 0.05) is 27.9 Å². The molecule has 2 N–H and O–H groups in total. The highest BCUT2D eigenvalue weighted by Crippen LogP contribution is 2.44. The summed E-state index contributed by atoms with van der Waals surface area (Å²) in [6.07, 6.45) is -0.763. The van der Waals surface area contributed by atoms with E-state index in [1.54, 1.807) is 11.3 Å². The molecule has 0 fully saturated rings. The normalized spacial score (nSPS) is 14.0. The lowest BCUT2D eigenvalue weighted by atomic mass is 9.87. The van der Waals surface area contributed by atoms with E-state index in [-0.39, 0.29) is 12.5 Å². The molecule has 0 spiro atoms. The van der Waals surface area contributed by atoms with Crippen molar-refractivity contribution in [1.29, 1.82) is 0 Å². The highest BCUT2D eigenvalue weighted by Gasteiger charge is 2.32. The highest BCUT2D eigenvalue weighted by atomic mass is 32.1. The summed E-state index contributed by atoms with van der Waals surface area (Å²) in [7, 11) is 0. The second-order valence-electron chi connectivity index (χ2n) is 7.06. The zero-order chi connectivity index (χ0) is 19.8. The number of hydrogen-bond acceptors (Lipinski definition) is 4. The van der Waals surface area contributed by atoms with Crippen LogP contribution in [0.4, 0.5) is 0 Å². The number of thiophene rings is 1. The second kappa shape index (κ2) is 7.35. The van der Waals surface area contributed by atoms with Crippen LogP contribution in [0.2, 0.25) is 0 Å². The Labute approximate surface area is 172 Å². The topological polar surface area (TPSA) is 58.6 Å². The van der Waals surface area contributed by atoms with Crippen LogP contribution in [0.25, 0.3) is 10.1 Å². The van der Waals surface area contributed by atoms with Crippen molar-refractivity contribution >= 4 is 27.3 Å². The van der Waals surface area contributed by atoms with E-state index < -0.39 is 12.0 Å². The molecule has 0 aliphatic carbocycles. The molecule has 5 heteroatoms. The first-order chi connectivity index (χ1) is 14.2. The molecule has 0 bridgehead atoms. The van der Waals surface area contributed by atoms with Crippen LogP contribution in [-0.2, 0) is 4.79 Å². The third-order valence-electron chi connectivity index (χ3n) is 5.28. The lowest BCUT2D eigenvalue weighted by Gasteiger charge is -2.27. The first-order valence-electron chi connectivity index (χ1n) is 9.50. The van der Waals surface area contributed by atoms with Crippen LogP contribution in [0.1, 0.15) is 28.7 Å². The number of fused-ring (bicyclic) bond motifs is 3. The predicted molar refractivity (Wildman–Crippen MR) is 115 cm³/mol. The van der Waals surface area contributed by atoms with Gasteiger partial charge in [0.2, 0.25) is 5.91 Å². The Morgan fingerprint density at radius 1 is 0.966 bits per heavy atom. The maximum atomic E-state index is 13.2. The van der Waals surface area contributed by atoms with Crippen molar-refractivity contribution in [3.8, 4) is 11.5 Å². The van der Waals surface area contributed by atoms with Crippen molar-refractivity contribution < 1.29 is 14.6 Å². The first-order valence-corrected chi connectivity index (χ1v) is 10.4. The molecule has 29 heavy (non-hydrogen) atoms. The number of benzene rings is 3. The Balaban J connectivity index is 1.40. The summed E-state index contributed by atoms with van der Waals surface area (Å²) in [5.74, 6) is 0.765. The maximum absolute atomic E-state index is 13.2. The molecule has 4 nitrogen and oxygen atoms in total. The van der Waals surface area contributed by atoms with E-state index in [9.17, 15) is 9.90 Å². The molecule has 0 radical (unpaired) electrons. The van der Waals surface area contributed by atoms with Crippen molar-refractivity contribution in [3.05, 3.63) is 94.9 Å². The molecule has 0 unspecified atom stereocenters. The smallest absolute Gasteiger partial charge is 0.232 e. The van der Waals surface area contributed by atoms with E-state index in [4.69, 9.17) is 4.74 Å². The molecular formula is C24H19NO3S. The lowest BCUT2D eigenvalue weighted by Crippen LogP contribution is -2.34. The number of para-hydroxylation sites is 2. The van der Waals surface area contributed by atoms with E-state index in [1.165, 1.54) is 0 Å². The number of hydrogen-bond donors (Lipinski definition) is 2. The van der Waals surface area contributed by atoms with Crippen LogP contribution in [0.5, 0.6) is 11.5 Å². The third kappa shape index (κ3) is 3.18. The van der Waals surface area contributed by atoms with Crippen molar-refractivity contribution in [1.82, 2.24) is 5.32 Å². The van der Waals surface area contributed by atoms with Crippen LogP contribution in [0.3, 0.4) is 0 Å². The van der Waals surface area contributed by atoms with E-state index in [0.717, 1.165) is 26.8 Å². The number of nitrogens with one attached hydrogen (secondary N) is 1. The molecule has 1 aliphatic heterocycles. The van der Waals surface area contributed by atoms with Crippen LogP contribution in [-0.4, -0.2) is 17.6 Å². The number of rotatable bonds is 4. The SMILES string of the molecule is O=C(NC[C@H](O)c1csc2ccccc12)C1c2ccccc2Oc2ccccc21. The summed E-state index contributed by atoms with van der Waals surface area (Å²) >= 11 is 1.60. The van der Waals surface area contributed by atoms with Crippen molar-refractivity contribution in [2.75, 3.05) is 6.54 Å². The fraction of sp³-hybridized carbons (Fsp3) is 0.125. The number of carbonyl (C=O) groups is 1. The number of carbonyl (C=O) groups excluding carboxylic acids is 1. The fourth-order valence-corrected chi connectivity index (χ4v) is 4.87. The van der Waals surface area contributed by atoms with Gasteiger partial charge in [-0.25, -0.2) is 0 Å². The summed E-state index contributed by atoms with van der Waals surface area (Å²) in [5, 5.41) is 16.6. The van der Waals surface area contributed by atoms with Gasteiger partial charge in [-0.15, -0.1) is 11.3 Å². The molecular weight excluding hydrogens is 382 g/mol. The van der Waals surface area contributed by atoms with Gasteiger partial charge in [-0.05, 0) is 29.0 Å². The lowest BCUT2D eigenvalue weighted by molar-refractivity contribution is -0.122. The van der Waals surface area contributed by atoms with Crippen molar-refractivity contribution in [2.45, 2.75) is 12.0 Å². The largest absolute Gasteiger partial charge is 0.457 e. The molecule has 0 saturated carbocycles. The Morgan fingerprint density at radius 2 is 1.59 bits per heavy atom. The van der Waals surface area contributed by atoms with Crippen molar-refractivity contribution in [2.24, 2.45) is 0 Å². The zero-order valence-electron chi connectivity index (χ0n) is 15.5. The van der Waals surface area contributed by atoms with E-state index >= 15 is 0 Å². The quantitative estimate of drug-likeness (QED) is 0.507. The van der Waals surface area contributed by atoms with E-state index in [0.29, 0.717) is 11.5 Å². The predicted octanol–water partition coefficient (Wildman–Crippen LogP) is 4.99. The van der Waals surface area contributed by atoms with Crippen LogP contribution < -0.4 is 10.1 Å². The van der Waals surface area contributed by atoms with Gasteiger partial charge in [-0.1, -0.05) is 54.6 Å². The van der Waals surface area contributed by atoms with Gasteiger partial charge in [0.15, 0.2) is 0 Å². The minimum absolute atomic E-state index is 0.146. The van der Waals surface area contributed by atoms with Crippen molar-refractivity contribution in [3.63, 3.8) is 0 Å². The fourth-order valence-electron chi connectivity index (χ4n) is 3.86. The summed E-state index contributed by atoms with van der Waals surface area (Å²) in [5.41, 5.74) is 2.51. The van der Waals surface area contributed by atoms with E-state index in [1.807, 2.05) is 78.2 Å². The molecule has 144 valence electrons. The number of amides is 1. The minimum atomic E-state index is -0.763. The monoisotopic (exact) mass is 401 g/mol. The van der Waals surface area contributed by atoms with Gasteiger partial charge in [0.05, 0.1) is 12.0 Å². The summed E-state index contributed by atoms with van der Waals surface area (Å²) in [4.78, 5) is 13.2. The molecule has 1 atom stereocenters. The summed E-state index contributed by atoms with van der Waals surface area (Å²) in [6, 6.07) is 23.1. The Hall–Kier alpha value is -3.15. The highest BCUT2D eigenvalue weighted by molar-refractivity contribution is 7.17. The molecule has 1 aliphatic rings. The van der Waals surface area contributed by atoms with Gasteiger partial charge in [0.25, 0.3) is 0 Å². The number of aliphatic hydroxyl groups excluding tert-OH is 1. The van der Waals surface area contributed by atoms with Gasteiger partial charge in [-0.3, -0.25) is 4.79 Å². The summed E-state index contributed by atoms with van der Waals surface area (Å²) < 4.78 is 7.09. The second-order valence-corrected chi connectivity index (χ2v) is 7.97. The summed E-state index contributed by atoms with van der Waals surface area (Å²) in [6.45, 7) is 0.154. The van der Waals surface area contributed by atoms with Gasteiger partial charge >= 0.3 is 0 Å². The zero-order valence-corrected chi connectivity index (χ0v) is 16.4. The molecule has 2 heterocycles. The third-order valence-corrected chi connectivity index (χ3v) is 6.26. The van der Waals surface area contributed by atoms with Gasteiger partial charge in [0.1, 0.15) is 11.5 Å².